The van der Waals surface area contributed by atoms with E-state index in [2.05, 4.69) is 4.98 Å². The smallest absolute Gasteiger partial charge is 0.257 e. The molecule has 3 nitrogen and oxygen atoms in total. The standard InChI is InChI=1S/C16H15ClN2O/c17-15-14(7-4-10-18-15)16(20)19(13-8-9-13)11-12-5-2-1-3-6-12/h1-7,10,13H,8-9,11H2. The molecule has 102 valence electrons. The van der Waals surface area contributed by atoms with Gasteiger partial charge in [-0.15, -0.1) is 0 Å². The van der Waals surface area contributed by atoms with Crippen LogP contribution >= 0.6 is 11.6 Å². The van der Waals surface area contributed by atoms with Crippen LogP contribution in [0.4, 0.5) is 0 Å². The lowest BCUT2D eigenvalue weighted by molar-refractivity contribution is 0.0729. The van der Waals surface area contributed by atoms with Gasteiger partial charge >= 0.3 is 0 Å². The zero-order valence-corrected chi connectivity index (χ0v) is 11.8. The molecule has 1 aliphatic carbocycles. The molecule has 1 fully saturated rings. The lowest BCUT2D eigenvalue weighted by atomic mass is 10.2. The second-order valence-corrected chi connectivity index (χ2v) is 5.35. The van der Waals surface area contributed by atoms with E-state index in [0.29, 0.717) is 18.2 Å². The summed E-state index contributed by atoms with van der Waals surface area (Å²) in [6.07, 6.45) is 3.73. The fourth-order valence-corrected chi connectivity index (χ4v) is 2.43. The molecule has 0 N–H and O–H groups in total. The number of hydrogen-bond acceptors (Lipinski definition) is 2. The van der Waals surface area contributed by atoms with Crippen LogP contribution in [0.1, 0.15) is 28.8 Å². The van der Waals surface area contributed by atoms with Crippen molar-refractivity contribution in [1.82, 2.24) is 9.88 Å². The zero-order valence-electron chi connectivity index (χ0n) is 11.0. The number of aromatic nitrogens is 1. The van der Waals surface area contributed by atoms with Crippen molar-refractivity contribution in [2.75, 3.05) is 0 Å². The van der Waals surface area contributed by atoms with Gasteiger partial charge in [-0.2, -0.15) is 0 Å². The summed E-state index contributed by atoms with van der Waals surface area (Å²) in [7, 11) is 0. The van der Waals surface area contributed by atoms with E-state index in [1.165, 1.54) is 0 Å². The number of hydrogen-bond donors (Lipinski definition) is 0. The lowest BCUT2D eigenvalue weighted by Gasteiger charge is -2.23. The van der Waals surface area contributed by atoms with Crippen molar-refractivity contribution in [3.63, 3.8) is 0 Å². The van der Waals surface area contributed by atoms with Crippen LogP contribution in [0, 0.1) is 0 Å². The van der Waals surface area contributed by atoms with Crippen molar-refractivity contribution < 1.29 is 4.79 Å². The Balaban J connectivity index is 1.84. The van der Waals surface area contributed by atoms with Crippen LogP contribution < -0.4 is 0 Å². The molecule has 0 saturated heterocycles. The minimum atomic E-state index is -0.0329. The maximum absolute atomic E-state index is 12.7. The number of carbonyl (C=O) groups excluding carboxylic acids is 1. The molecule has 0 aliphatic heterocycles. The Morgan fingerprint density at radius 1 is 1.20 bits per heavy atom. The average molecular weight is 287 g/mol. The van der Waals surface area contributed by atoms with Gasteiger partial charge in [-0.3, -0.25) is 4.79 Å². The van der Waals surface area contributed by atoms with Gasteiger partial charge in [0.2, 0.25) is 0 Å². The molecule has 3 rings (SSSR count). The van der Waals surface area contributed by atoms with E-state index < -0.39 is 0 Å². The molecule has 2 aromatic rings. The van der Waals surface area contributed by atoms with Gasteiger partial charge in [0.05, 0.1) is 5.56 Å². The fraction of sp³-hybridized carbons (Fsp3) is 0.250. The van der Waals surface area contributed by atoms with E-state index in [0.717, 1.165) is 18.4 Å². The molecule has 0 spiro atoms. The van der Waals surface area contributed by atoms with Gasteiger partial charge in [0, 0.05) is 18.8 Å². The van der Waals surface area contributed by atoms with Gasteiger partial charge < -0.3 is 4.90 Å². The van der Waals surface area contributed by atoms with Gasteiger partial charge in [0.25, 0.3) is 5.91 Å². The summed E-state index contributed by atoms with van der Waals surface area (Å²) in [4.78, 5) is 18.5. The molecular weight excluding hydrogens is 272 g/mol. The lowest BCUT2D eigenvalue weighted by Crippen LogP contribution is -2.32. The third-order valence-corrected chi connectivity index (χ3v) is 3.73. The van der Waals surface area contributed by atoms with Gasteiger partial charge in [-0.1, -0.05) is 41.9 Å². The Bertz CT molecular complexity index is 611. The molecule has 0 bridgehead atoms. The Morgan fingerprint density at radius 3 is 2.60 bits per heavy atom. The van der Waals surface area contributed by atoms with E-state index in [9.17, 15) is 4.79 Å². The first-order valence-electron chi connectivity index (χ1n) is 6.71. The summed E-state index contributed by atoms with van der Waals surface area (Å²) in [5.74, 6) is -0.0329. The second kappa shape index (κ2) is 5.63. The van der Waals surface area contributed by atoms with Crippen LogP contribution in [0.5, 0.6) is 0 Å². The maximum atomic E-state index is 12.7. The topological polar surface area (TPSA) is 33.2 Å². The number of benzene rings is 1. The van der Waals surface area contributed by atoms with Crippen molar-refractivity contribution in [2.24, 2.45) is 0 Å². The quantitative estimate of drug-likeness (QED) is 0.806. The summed E-state index contributed by atoms with van der Waals surface area (Å²) < 4.78 is 0. The third kappa shape index (κ3) is 2.83. The first-order chi connectivity index (χ1) is 9.75. The molecule has 20 heavy (non-hydrogen) atoms. The summed E-state index contributed by atoms with van der Waals surface area (Å²) in [6, 6.07) is 13.8. The molecule has 1 amide bonds. The van der Waals surface area contributed by atoms with Gasteiger partial charge in [0.15, 0.2) is 0 Å². The third-order valence-electron chi connectivity index (χ3n) is 3.43. The first kappa shape index (κ1) is 13.1. The predicted octanol–water partition coefficient (Wildman–Crippen LogP) is 3.54. The van der Waals surface area contributed by atoms with Crippen LogP contribution in [-0.2, 0) is 6.54 Å². The van der Waals surface area contributed by atoms with Crippen LogP contribution in [0.25, 0.3) is 0 Å². The molecule has 0 atom stereocenters. The van der Waals surface area contributed by atoms with Crippen LogP contribution in [0.3, 0.4) is 0 Å². The van der Waals surface area contributed by atoms with E-state index in [4.69, 9.17) is 11.6 Å². The van der Waals surface area contributed by atoms with Crippen LogP contribution in [-0.4, -0.2) is 21.8 Å². The fourth-order valence-electron chi connectivity index (χ4n) is 2.23. The minimum Gasteiger partial charge on any atom is -0.331 e. The minimum absolute atomic E-state index is 0.0329. The van der Waals surface area contributed by atoms with E-state index in [1.54, 1.807) is 18.3 Å². The number of nitrogens with zero attached hydrogens (tertiary/aromatic N) is 2. The second-order valence-electron chi connectivity index (χ2n) is 4.99. The molecule has 0 radical (unpaired) electrons. The Hall–Kier alpha value is -1.87. The monoisotopic (exact) mass is 286 g/mol. The zero-order chi connectivity index (χ0) is 13.9. The number of carbonyl (C=O) groups is 1. The Labute approximate surface area is 123 Å². The Morgan fingerprint density at radius 2 is 1.95 bits per heavy atom. The summed E-state index contributed by atoms with van der Waals surface area (Å²) in [5.41, 5.74) is 1.62. The molecule has 1 aliphatic rings. The van der Waals surface area contributed by atoms with Crippen LogP contribution in [0.2, 0.25) is 5.15 Å². The van der Waals surface area contributed by atoms with Crippen molar-refractivity contribution in [3.8, 4) is 0 Å². The highest BCUT2D eigenvalue weighted by Gasteiger charge is 2.33. The molecule has 1 aromatic carbocycles. The van der Waals surface area contributed by atoms with Crippen molar-refractivity contribution in [1.29, 1.82) is 0 Å². The normalized spacial score (nSPS) is 14.1. The molecule has 1 saturated carbocycles. The SMILES string of the molecule is O=C(c1cccnc1Cl)N(Cc1ccccc1)C1CC1. The van der Waals surface area contributed by atoms with Gasteiger partial charge in [-0.05, 0) is 30.5 Å². The molecule has 1 heterocycles. The van der Waals surface area contributed by atoms with Gasteiger partial charge in [0.1, 0.15) is 5.15 Å². The highest BCUT2D eigenvalue weighted by Crippen LogP contribution is 2.30. The van der Waals surface area contributed by atoms with Gasteiger partial charge in [-0.25, -0.2) is 4.98 Å². The predicted molar refractivity (Wildman–Crippen MR) is 78.6 cm³/mol. The highest BCUT2D eigenvalue weighted by molar-refractivity contribution is 6.32. The molecular formula is C16H15ClN2O. The number of amides is 1. The summed E-state index contributed by atoms with van der Waals surface area (Å²) in [6.45, 7) is 0.621. The highest BCUT2D eigenvalue weighted by atomic mass is 35.5. The van der Waals surface area contributed by atoms with E-state index >= 15 is 0 Å². The van der Waals surface area contributed by atoms with E-state index in [-0.39, 0.29) is 11.1 Å². The van der Waals surface area contributed by atoms with E-state index in [1.807, 2.05) is 35.2 Å². The van der Waals surface area contributed by atoms with Crippen molar-refractivity contribution in [3.05, 3.63) is 64.9 Å². The average Bonchev–Trinajstić information content (AvgIpc) is 3.30. The maximum Gasteiger partial charge on any atom is 0.257 e. The first-order valence-corrected chi connectivity index (χ1v) is 7.09. The number of pyridine rings is 1. The molecule has 4 heteroatoms. The van der Waals surface area contributed by atoms with Crippen molar-refractivity contribution in [2.45, 2.75) is 25.4 Å². The number of halogens is 1. The number of rotatable bonds is 4. The Kier molecular flexibility index (Phi) is 3.70. The summed E-state index contributed by atoms with van der Waals surface area (Å²) in [5, 5.41) is 0.274. The molecule has 0 unspecified atom stereocenters. The van der Waals surface area contributed by atoms with Crippen LogP contribution in [0.15, 0.2) is 48.7 Å². The van der Waals surface area contributed by atoms with Crippen molar-refractivity contribution >= 4 is 17.5 Å². The summed E-state index contributed by atoms with van der Waals surface area (Å²) >= 11 is 6.03. The largest absolute Gasteiger partial charge is 0.331 e. The molecule has 1 aromatic heterocycles.